The van der Waals surface area contributed by atoms with Crippen molar-refractivity contribution in [2.24, 2.45) is 12.0 Å². The molecule has 0 aliphatic heterocycles. The Morgan fingerprint density at radius 2 is 2.04 bits per heavy atom. The average Bonchev–Trinajstić information content (AvgIpc) is 2.98. The van der Waals surface area contributed by atoms with Gasteiger partial charge in [0.1, 0.15) is 12.4 Å². The van der Waals surface area contributed by atoms with Crippen LogP contribution in [0.3, 0.4) is 0 Å². The number of methoxy groups -OCH3 is 1. The molecule has 1 unspecified atom stereocenters. The van der Waals surface area contributed by atoms with E-state index in [1.54, 1.807) is 7.11 Å². The molecule has 156 valence electrons. The maximum Gasteiger partial charge on any atom is 0.191 e. The number of guanidine groups is 1. The van der Waals surface area contributed by atoms with Gasteiger partial charge in [-0.1, -0.05) is 36.8 Å². The molecule has 0 radical (unpaired) electrons. The highest BCUT2D eigenvalue weighted by Gasteiger charge is 2.08. The Balaban J connectivity index is 0.00000392. The summed E-state index contributed by atoms with van der Waals surface area (Å²) in [6, 6.07) is 8.63. The molecule has 1 aromatic carbocycles. The molecule has 7 nitrogen and oxygen atoms in total. The number of benzene rings is 1. The van der Waals surface area contributed by atoms with Crippen LogP contribution in [0.1, 0.15) is 42.0 Å². The summed E-state index contributed by atoms with van der Waals surface area (Å²) in [4.78, 5) is 4.68. The maximum absolute atomic E-state index is 5.12. The zero-order valence-electron chi connectivity index (χ0n) is 17.5. The Labute approximate surface area is 185 Å². The Hall–Kier alpha value is -1.68. The maximum atomic E-state index is 5.12. The fraction of sp³-hybridized carbons (Fsp3) is 0.550. The zero-order valence-corrected chi connectivity index (χ0v) is 19.9. The number of rotatable bonds is 9. The van der Waals surface area contributed by atoms with Crippen molar-refractivity contribution in [1.29, 1.82) is 0 Å². The van der Waals surface area contributed by atoms with Crippen molar-refractivity contribution in [3.8, 4) is 0 Å². The molecule has 2 rings (SSSR count). The predicted molar refractivity (Wildman–Crippen MR) is 124 cm³/mol. The van der Waals surface area contributed by atoms with Crippen LogP contribution in [-0.4, -0.2) is 47.5 Å². The Morgan fingerprint density at radius 1 is 1.25 bits per heavy atom. The second-order valence-corrected chi connectivity index (χ2v) is 6.86. The Bertz CT molecular complexity index is 746. The molecule has 2 N–H and O–H groups in total. The molecule has 0 saturated carbocycles. The van der Waals surface area contributed by atoms with Gasteiger partial charge in [0.25, 0.3) is 0 Å². The molecule has 0 saturated heterocycles. The molecule has 1 aromatic heterocycles. The summed E-state index contributed by atoms with van der Waals surface area (Å²) in [6.45, 7) is 9.09. The van der Waals surface area contributed by atoms with E-state index in [-0.39, 0.29) is 24.0 Å². The van der Waals surface area contributed by atoms with Gasteiger partial charge in [0.15, 0.2) is 11.8 Å². The van der Waals surface area contributed by atoms with Gasteiger partial charge in [-0.3, -0.25) is 0 Å². The van der Waals surface area contributed by atoms with Crippen LogP contribution >= 0.6 is 24.0 Å². The third-order valence-corrected chi connectivity index (χ3v) is 4.57. The number of hydrogen-bond acceptors (Lipinski definition) is 4. The lowest BCUT2D eigenvalue weighted by molar-refractivity contribution is 0.195. The lowest BCUT2D eigenvalue weighted by atomic mass is 9.99. The summed E-state index contributed by atoms with van der Waals surface area (Å²) in [5.74, 6) is 2.90. The summed E-state index contributed by atoms with van der Waals surface area (Å²) < 4.78 is 7.08. The first-order valence-electron chi connectivity index (χ1n) is 9.43. The highest BCUT2D eigenvalue weighted by Crippen LogP contribution is 2.15. The molecule has 1 heterocycles. The molecule has 8 heteroatoms. The fourth-order valence-corrected chi connectivity index (χ4v) is 2.68. The Morgan fingerprint density at radius 3 is 2.68 bits per heavy atom. The number of aromatic nitrogens is 3. The minimum absolute atomic E-state index is 0. The molecule has 0 aliphatic carbocycles. The molecule has 0 spiro atoms. The van der Waals surface area contributed by atoms with E-state index in [4.69, 9.17) is 4.74 Å². The van der Waals surface area contributed by atoms with E-state index < -0.39 is 0 Å². The SMILES string of the molecule is COCCCNC(=NCc1nnc(C)n1C)NCC(C)c1cccc(C)c1.I. The van der Waals surface area contributed by atoms with E-state index in [2.05, 4.69) is 63.9 Å². The van der Waals surface area contributed by atoms with Gasteiger partial charge in [-0.15, -0.1) is 34.2 Å². The van der Waals surface area contributed by atoms with Crippen LogP contribution in [0.5, 0.6) is 0 Å². The fourth-order valence-electron chi connectivity index (χ4n) is 2.68. The number of halogens is 1. The van der Waals surface area contributed by atoms with Gasteiger partial charge in [0, 0.05) is 33.9 Å². The molecule has 2 aromatic rings. The van der Waals surface area contributed by atoms with Crippen molar-refractivity contribution in [2.45, 2.75) is 39.7 Å². The van der Waals surface area contributed by atoms with Crippen LogP contribution in [0.25, 0.3) is 0 Å². The number of ether oxygens (including phenoxy) is 1. The van der Waals surface area contributed by atoms with E-state index in [1.807, 2.05) is 18.5 Å². The summed E-state index contributed by atoms with van der Waals surface area (Å²) >= 11 is 0. The van der Waals surface area contributed by atoms with Gasteiger partial charge in [-0.2, -0.15) is 0 Å². The standard InChI is InChI=1S/C20H32N6O.HI/c1-15-8-6-9-18(12-15)16(2)13-22-20(21-10-7-11-27-5)23-14-19-25-24-17(3)26(19)4;/h6,8-9,12,16H,7,10-11,13-14H2,1-5H3,(H2,21,22,23);1H. The second-order valence-electron chi connectivity index (χ2n) is 6.86. The third-order valence-electron chi connectivity index (χ3n) is 4.57. The van der Waals surface area contributed by atoms with Gasteiger partial charge >= 0.3 is 0 Å². The van der Waals surface area contributed by atoms with Gasteiger partial charge in [0.2, 0.25) is 0 Å². The minimum Gasteiger partial charge on any atom is -0.385 e. The molecular weight excluding hydrogens is 467 g/mol. The second kappa shape index (κ2) is 12.7. The van der Waals surface area contributed by atoms with E-state index in [9.17, 15) is 0 Å². The lowest BCUT2D eigenvalue weighted by Crippen LogP contribution is -2.40. The van der Waals surface area contributed by atoms with Crippen molar-refractivity contribution in [2.75, 3.05) is 26.8 Å². The molecular formula is C20H33IN6O. The number of hydrogen-bond donors (Lipinski definition) is 2. The van der Waals surface area contributed by atoms with E-state index in [1.165, 1.54) is 11.1 Å². The number of nitrogens with zero attached hydrogens (tertiary/aromatic N) is 4. The predicted octanol–water partition coefficient (Wildman–Crippen LogP) is 2.93. The number of aryl methyl sites for hydroxylation is 2. The smallest absolute Gasteiger partial charge is 0.191 e. The van der Waals surface area contributed by atoms with Gasteiger partial charge in [-0.25, -0.2) is 4.99 Å². The topological polar surface area (TPSA) is 76.4 Å². The van der Waals surface area contributed by atoms with E-state index in [0.717, 1.165) is 43.7 Å². The monoisotopic (exact) mass is 500 g/mol. The van der Waals surface area contributed by atoms with Crippen LogP contribution in [-0.2, 0) is 18.3 Å². The van der Waals surface area contributed by atoms with Crippen LogP contribution < -0.4 is 10.6 Å². The van der Waals surface area contributed by atoms with E-state index in [0.29, 0.717) is 12.5 Å². The normalized spacial score (nSPS) is 12.4. The van der Waals surface area contributed by atoms with Crippen LogP contribution in [0.15, 0.2) is 29.3 Å². The van der Waals surface area contributed by atoms with Crippen LogP contribution in [0, 0.1) is 13.8 Å². The van der Waals surface area contributed by atoms with Crippen molar-refractivity contribution in [1.82, 2.24) is 25.4 Å². The number of aliphatic imine (C=N–C) groups is 1. The van der Waals surface area contributed by atoms with Crippen LogP contribution in [0.2, 0.25) is 0 Å². The van der Waals surface area contributed by atoms with Gasteiger partial charge in [0.05, 0.1) is 0 Å². The van der Waals surface area contributed by atoms with Crippen molar-refractivity contribution < 1.29 is 4.74 Å². The van der Waals surface area contributed by atoms with Crippen molar-refractivity contribution in [3.63, 3.8) is 0 Å². The van der Waals surface area contributed by atoms with Crippen molar-refractivity contribution >= 4 is 29.9 Å². The minimum atomic E-state index is 0. The quantitative estimate of drug-likeness (QED) is 0.240. The highest BCUT2D eigenvalue weighted by molar-refractivity contribution is 14.0. The molecule has 0 aliphatic rings. The van der Waals surface area contributed by atoms with Crippen molar-refractivity contribution in [3.05, 3.63) is 47.0 Å². The third kappa shape index (κ3) is 7.75. The lowest BCUT2D eigenvalue weighted by Gasteiger charge is -2.17. The molecule has 0 fully saturated rings. The summed E-state index contributed by atoms with van der Waals surface area (Å²) in [5.41, 5.74) is 2.61. The number of nitrogens with one attached hydrogen (secondary N) is 2. The first-order valence-corrected chi connectivity index (χ1v) is 9.43. The molecule has 0 amide bonds. The molecule has 0 bridgehead atoms. The molecule has 28 heavy (non-hydrogen) atoms. The highest BCUT2D eigenvalue weighted by atomic mass is 127. The summed E-state index contributed by atoms with van der Waals surface area (Å²) in [6.07, 6.45) is 0.924. The molecule has 1 atom stereocenters. The summed E-state index contributed by atoms with van der Waals surface area (Å²) in [5, 5.41) is 15.1. The first-order chi connectivity index (χ1) is 13.0. The Kier molecular flexibility index (Phi) is 11.1. The largest absolute Gasteiger partial charge is 0.385 e. The average molecular weight is 500 g/mol. The summed E-state index contributed by atoms with van der Waals surface area (Å²) in [7, 11) is 3.67. The van der Waals surface area contributed by atoms with Gasteiger partial charge < -0.3 is 19.9 Å². The van der Waals surface area contributed by atoms with E-state index >= 15 is 0 Å². The van der Waals surface area contributed by atoms with Gasteiger partial charge in [-0.05, 0) is 31.7 Å². The zero-order chi connectivity index (χ0) is 19.6. The first kappa shape index (κ1) is 24.4. The van der Waals surface area contributed by atoms with Crippen LogP contribution in [0.4, 0.5) is 0 Å².